The number of nitrogens with zero attached hydrogens (tertiary/aromatic N) is 1. The van der Waals surface area contributed by atoms with E-state index in [0.717, 1.165) is 29.5 Å². The van der Waals surface area contributed by atoms with E-state index in [-0.39, 0.29) is 12.1 Å². The van der Waals surface area contributed by atoms with E-state index in [1.54, 1.807) is 4.90 Å². The van der Waals surface area contributed by atoms with Crippen LogP contribution in [-0.2, 0) is 4.74 Å². The molecule has 7 heteroatoms. The first-order valence-electron chi connectivity index (χ1n) is 7.56. The minimum absolute atomic E-state index is 0.0864. The fraction of sp³-hybridized carbons (Fsp3) is 0.562. The molecule has 1 atom stereocenters. The topological polar surface area (TPSA) is 41.6 Å². The predicted molar refractivity (Wildman–Crippen MR) is 98.6 cm³/mol. The zero-order valence-electron chi connectivity index (χ0n) is 13.5. The Hall–Kier alpha value is -0.650. The number of carbonyl (C=O) groups is 1. The zero-order valence-corrected chi connectivity index (χ0v) is 16.6. The molecule has 23 heavy (non-hydrogen) atoms. The van der Waals surface area contributed by atoms with Crippen molar-refractivity contribution in [1.82, 2.24) is 4.90 Å². The quantitative estimate of drug-likeness (QED) is 0.646. The van der Waals surface area contributed by atoms with Gasteiger partial charge in [-0.25, -0.2) is 4.79 Å². The van der Waals surface area contributed by atoms with Gasteiger partial charge in [-0.05, 0) is 61.7 Å². The van der Waals surface area contributed by atoms with Gasteiger partial charge in [0.1, 0.15) is 5.60 Å². The van der Waals surface area contributed by atoms with Crippen molar-refractivity contribution in [3.8, 4) is 0 Å². The number of benzene rings is 1. The van der Waals surface area contributed by atoms with Gasteiger partial charge in [-0.3, -0.25) is 0 Å². The molecule has 128 valence electrons. The van der Waals surface area contributed by atoms with Crippen LogP contribution in [-0.4, -0.2) is 35.7 Å². The number of amides is 1. The predicted octanol–water partition coefficient (Wildman–Crippen LogP) is 5.57. The van der Waals surface area contributed by atoms with Crippen molar-refractivity contribution < 1.29 is 9.53 Å². The lowest BCUT2D eigenvalue weighted by Crippen LogP contribution is -2.42. The Morgan fingerprint density at radius 1 is 1.39 bits per heavy atom. The average molecular weight is 424 g/mol. The highest BCUT2D eigenvalue weighted by Gasteiger charge is 2.32. The van der Waals surface area contributed by atoms with Crippen LogP contribution in [0.3, 0.4) is 0 Å². The first-order chi connectivity index (χ1) is 10.7. The summed E-state index contributed by atoms with van der Waals surface area (Å²) in [7, 11) is 0. The maximum Gasteiger partial charge on any atom is 0.410 e. The lowest BCUT2D eigenvalue weighted by atomic mass is 10.2. The maximum atomic E-state index is 12.3. The Kier molecular flexibility index (Phi) is 6.09. The van der Waals surface area contributed by atoms with Crippen LogP contribution in [0.15, 0.2) is 16.6 Å². The number of rotatable bonds is 3. The molecule has 1 unspecified atom stereocenters. The number of anilines is 1. The second kappa shape index (κ2) is 7.49. The number of hydrogen-bond donors (Lipinski definition) is 1. The van der Waals surface area contributed by atoms with Crippen LogP contribution < -0.4 is 5.32 Å². The number of likely N-dealkylation sites (tertiary alicyclic amines) is 1. The SMILES string of the molecule is CC(C)(C)OC(=O)N1CCCC1CNc1ccc(Br)c(Cl)c1Cl. The number of hydrogen-bond acceptors (Lipinski definition) is 3. The first kappa shape index (κ1) is 18.7. The Balaban J connectivity index is 2.00. The summed E-state index contributed by atoms with van der Waals surface area (Å²) in [5.41, 5.74) is 0.274. The standard InChI is InChI=1S/C16H21BrCl2N2O2/c1-16(2,3)23-15(22)21-8-4-5-10(21)9-20-12-7-6-11(17)13(18)14(12)19/h6-7,10,20H,4-5,8-9H2,1-3H3. The number of halogens is 3. The third-order valence-electron chi connectivity index (χ3n) is 3.57. The van der Waals surface area contributed by atoms with E-state index in [4.69, 9.17) is 27.9 Å². The van der Waals surface area contributed by atoms with Crippen LogP contribution in [0.2, 0.25) is 10.0 Å². The van der Waals surface area contributed by atoms with Gasteiger partial charge in [0.25, 0.3) is 0 Å². The number of ether oxygens (including phenoxy) is 1. The van der Waals surface area contributed by atoms with E-state index in [2.05, 4.69) is 21.2 Å². The fourth-order valence-corrected chi connectivity index (χ4v) is 3.34. The van der Waals surface area contributed by atoms with Gasteiger partial charge in [0.2, 0.25) is 0 Å². The molecule has 1 heterocycles. The highest BCUT2D eigenvalue weighted by atomic mass is 79.9. The lowest BCUT2D eigenvalue weighted by Gasteiger charge is -2.29. The zero-order chi connectivity index (χ0) is 17.2. The van der Waals surface area contributed by atoms with Crippen molar-refractivity contribution in [2.45, 2.75) is 45.3 Å². The Labute approximate surface area is 155 Å². The second-order valence-electron chi connectivity index (χ2n) is 6.57. The van der Waals surface area contributed by atoms with Crippen molar-refractivity contribution in [2.75, 3.05) is 18.4 Å². The molecule has 0 saturated carbocycles. The minimum atomic E-state index is -0.486. The van der Waals surface area contributed by atoms with Crippen molar-refractivity contribution in [1.29, 1.82) is 0 Å². The molecule has 1 aromatic rings. The molecule has 1 N–H and O–H groups in total. The molecule has 1 aliphatic heterocycles. The fourth-order valence-electron chi connectivity index (χ4n) is 2.50. The van der Waals surface area contributed by atoms with Crippen molar-refractivity contribution in [3.05, 3.63) is 26.7 Å². The molecule has 2 rings (SSSR count). The monoisotopic (exact) mass is 422 g/mol. The summed E-state index contributed by atoms with van der Waals surface area (Å²) < 4.78 is 6.22. The van der Waals surface area contributed by atoms with E-state index in [0.29, 0.717) is 16.6 Å². The Bertz CT molecular complexity index is 590. The molecule has 1 fully saturated rings. The molecule has 1 saturated heterocycles. The van der Waals surface area contributed by atoms with Gasteiger partial charge in [0.05, 0.1) is 21.8 Å². The molecule has 1 aliphatic rings. The van der Waals surface area contributed by atoms with Gasteiger partial charge < -0.3 is 15.0 Å². The summed E-state index contributed by atoms with van der Waals surface area (Å²) in [6.45, 7) is 6.94. The average Bonchev–Trinajstić information content (AvgIpc) is 2.91. The lowest BCUT2D eigenvalue weighted by molar-refractivity contribution is 0.0235. The van der Waals surface area contributed by atoms with Crippen LogP contribution in [0.1, 0.15) is 33.6 Å². The van der Waals surface area contributed by atoms with Crippen LogP contribution in [0.25, 0.3) is 0 Å². The Morgan fingerprint density at radius 2 is 2.09 bits per heavy atom. The molecular weight excluding hydrogens is 403 g/mol. The van der Waals surface area contributed by atoms with Crippen LogP contribution >= 0.6 is 39.1 Å². The van der Waals surface area contributed by atoms with E-state index >= 15 is 0 Å². The molecular formula is C16H21BrCl2N2O2. The molecule has 0 radical (unpaired) electrons. The first-order valence-corrected chi connectivity index (χ1v) is 9.11. The van der Waals surface area contributed by atoms with Gasteiger partial charge >= 0.3 is 6.09 Å². The Morgan fingerprint density at radius 3 is 2.74 bits per heavy atom. The molecule has 1 amide bonds. The smallest absolute Gasteiger partial charge is 0.410 e. The van der Waals surface area contributed by atoms with Crippen LogP contribution in [0, 0.1) is 0 Å². The van der Waals surface area contributed by atoms with Crippen molar-refractivity contribution in [2.24, 2.45) is 0 Å². The van der Waals surface area contributed by atoms with Crippen molar-refractivity contribution in [3.63, 3.8) is 0 Å². The van der Waals surface area contributed by atoms with E-state index < -0.39 is 5.60 Å². The highest BCUT2D eigenvalue weighted by molar-refractivity contribution is 9.10. The van der Waals surface area contributed by atoms with Gasteiger partial charge in [0, 0.05) is 17.6 Å². The van der Waals surface area contributed by atoms with Gasteiger partial charge in [0.15, 0.2) is 0 Å². The summed E-state index contributed by atoms with van der Waals surface area (Å²) in [5.74, 6) is 0. The summed E-state index contributed by atoms with van der Waals surface area (Å²) in [6, 6.07) is 3.80. The number of carbonyl (C=O) groups excluding carboxylic acids is 1. The van der Waals surface area contributed by atoms with E-state index in [1.807, 2.05) is 32.9 Å². The largest absolute Gasteiger partial charge is 0.444 e. The summed E-state index contributed by atoms with van der Waals surface area (Å²) in [6.07, 6.45) is 1.65. The molecule has 1 aromatic carbocycles. The van der Waals surface area contributed by atoms with Crippen molar-refractivity contribution >= 4 is 50.9 Å². The van der Waals surface area contributed by atoms with Gasteiger partial charge in [-0.2, -0.15) is 0 Å². The van der Waals surface area contributed by atoms with Crippen LogP contribution in [0.4, 0.5) is 10.5 Å². The van der Waals surface area contributed by atoms with Gasteiger partial charge in [-0.1, -0.05) is 23.2 Å². The summed E-state index contributed by atoms with van der Waals surface area (Å²) in [5, 5.41) is 4.24. The van der Waals surface area contributed by atoms with E-state index in [1.165, 1.54) is 0 Å². The van der Waals surface area contributed by atoms with Crippen LogP contribution in [0.5, 0.6) is 0 Å². The molecule has 0 aromatic heterocycles. The maximum absolute atomic E-state index is 12.3. The molecule has 0 aliphatic carbocycles. The summed E-state index contributed by atoms with van der Waals surface area (Å²) in [4.78, 5) is 14.1. The normalized spacial score (nSPS) is 18.2. The summed E-state index contributed by atoms with van der Waals surface area (Å²) >= 11 is 15.7. The van der Waals surface area contributed by atoms with E-state index in [9.17, 15) is 4.79 Å². The number of nitrogens with one attached hydrogen (secondary N) is 1. The third-order valence-corrected chi connectivity index (χ3v) is 5.34. The van der Waals surface area contributed by atoms with Gasteiger partial charge in [-0.15, -0.1) is 0 Å². The molecule has 4 nitrogen and oxygen atoms in total. The minimum Gasteiger partial charge on any atom is -0.444 e. The third kappa shape index (κ3) is 4.91. The highest BCUT2D eigenvalue weighted by Crippen LogP contribution is 2.36. The molecule has 0 spiro atoms. The molecule has 0 bridgehead atoms. The second-order valence-corrected chi connectivity index (χ2v) is 8.18.